The van der Waals surface area contributed by atoms with Crippen LogP contribution in [0, 0.1) is 5.82 Å². The summed E-state index contributed by atoms with van der Waals surface area (Å²) in [6.45, 7) is 1.12. The van der Waals surface area contributed by atoms with Gasteiger partial charge in [0, 0.05) is 47.5 Å². The zero-order chi connectivity index (χ0) is 19.5. The fraction of sp³-hybridized carbons (Fsp3) is 0.182. The Kier molecular flexibility index (Phi) is 5.32. The van der Waals surface area contributed by atoms with E-state index < -0.39 is 0 Å². The number of nitrogens with zero attached hydrogens (tertiary/aromatic N) is 1. The van der Waals surface area contributed by atoms with Gasteiger partial charge in [0.05, 0.1) is 5.52 Å². The molecule has 1 N–H and O–H groups in total. The summed E-state index contributed by atoms with van der Waals surface area (Å²) in [5.74, 6) is -0.456. The molecular formula is C22H19FN2O2S. The van der Waals surface area contributed by atoms with Crippen molar-refractivity contribution >= 4 is 38.2 Å². The van der Waals surface area contributed by atoms with Gasteiger partial charge in [-0.25, -0.2) is 4.39 Å². The molecule has 2 aromatic carbocycles. The SMILES string of the molecule is COCCCNC(=O)c1sc2c(cnc3ccc(F)cc32)c1-c1ccccc1. The van der Waals surface area contributed by atoms with Crippen molar-refractivity contribution in [3.8, 4) is 11.1 Å². The van der Waals surface area contributed by atoms with E-state index in [1.165, 1.54) is 23.5 Å². The van der Waals surface area contributed by atoms with E-state index in [4.69, 9.17) is 4.74 Å². The summed E-state index contributed by atoms with van der Waals surface area (Å²) in [6.07, 6.45) is 2.51. The van der Waals surface area contributed by atoms with E-state index in [1.807, 2.05) is 30.3 Å². The molecule has 4 nitrogen and oxygen atoms in total. The highest BCUT2D eigenvalue weighted by Crippen LogP contribution is 2.41. The van der Waals surface area contributed by atoms with Crippen LogP contribution in [0.1, 0.15) is 16.1 Å². The Balaban J connectivity index is 1.88. The first-order valence-corrected chi connectivity index (χ1v) is 9.84. The molecule has 4 rings (SSSR count). The van der Waals surface area contributed by atoms with Crippen LogP contribution < -0.4 is 5.32 Å². The number of amides is 1. The van der Waals surface area contributed by atoms with Crippen LogP contribution >= 0.6 is 11.3 Å². The third-order valence-electron chi connectivity index (χ3n) is 4.56. The Labute approximate surface area is 166 Å². The highest BCUT2D eigenvalue weighted by Gasteiger charge is 2.21. The molecule has 28 heavy (non-hydrogen) atoms. The van der Waals surface area contributed by atoms with Crippen molar-refractivity contribution in [2.45, 2.75) is 6.42 Å². The number of nitrogens with one attached hydrogen (secondary N) is 1. The molecule has 0 aliphatic carbocycles. The predicted octanol–water partition coefficient (Wildman–Crippen LogP) is 5.02. The van der Waals surface area contributed by atoms with Crippen LogP contribution in [0.2, 0.25) is 0 Å². The predicted molar refractivity (Wildman–Crippen MR) is 111 cm³/mol. The summed E-state index contributed by atoms with van der Waals surface area (Å²) >= 11 is 1.38. The number of halogens is 1. The lowest BCUT2D eigenvalue weighted by Crippen LogP contribution is -2.24. The smallest absolute Gasteiger partial charge is 0.262 e. The molecule has 0 fully saturated rings. The molecule has 0 aliphatic heterocycles. The third kappa shape index (κ3) is 3.48. The molecule has 0 aliphatic rings. The van der Waals surface area contributed by atoms with Crippen LogP contribution in [0.15, 0.2) is 54.7 Å². The van der Waals surface area contributed by atoms with Gasteiger partial charge in [0.2, 0.25) is 0 Å². The number of rotatable bonds is 6. The lowest BCUT2D eigenvalue weighted by Gasteiger charge is -2.07. The Hall–Kier alpha value is -2.83. The largest absolute Gasteiger partial charge is 0.385 e. The second-order valence-corrected chi connectivity index (χ2v) is 7.46. The summed E-state index contributed by atoms with van der Waals surface area (Å²) in [4.78, 5) is 18.0. The van der Waals surface area contributed by atoms with Crippen molar-refractivity contribution in [2.75, 3.05) is 20.3 Å². The van der Waals surface area contributed by atoms with Crippen molar-refractivity contribution in [1.82, 2.24) is 10.3 Å². The zero-order valence-electron chi connectivity index (χ0n) is 15.4. The molecule has 0 saturated heterocycles. The van der Waals surface area contributed by atoms with Gasteiger partial charge in [-0.3, -0.25) is 9.78 Å². The van der Waals surface area contributed by atoms with Gasteiger partial charge in [-0.2, -0.15) is 0 Å². The van der Waals surface area contributed by atoms with Crippen LogP contribution in [-0.2, 0) is 4.74 Å². The maximum Gasteiger partial charge on any atom is 0.262 e. The van der Waals surface area contributed by atoms with Crippen LogP contribution in [0.4, 0.5) is 4.39 Å². The lowest BCUT2D eigenvalue weighted by atomic mass is 10.0. The maximum atomic E-state index is 13.9. The summed E-state index contributed by atoms with van der Waals surface area (Å²) in [6, 6.07) is 14.3. The molecule has 4 aromatic rings. The normalized spacial score (nSPS) is 11.2. The number of carbonyl (C=O) groups is 1. The van der Waals surface area contributed by atoms with Gasteiger partial charge in [-0.1, -0.05) is 30.3 Å². The number of aromatic nitrogens is 1. The summed E-state index contributed by atoms with van der Waals surface area (Å²) in [5, 5.41) is 4.54. The molecule has 0 unspecified atom stereocenters. The minimum atomic E-state index is -0.318. The molecule has 1 amide bonds. The van der Waals surface area contributed by atoms with Gasteiger partial charge in [0.15, 0.2) is 0 Å². The highest BCUT2D eigenvalue weighted by molar-refractivity contribution is 7.22. The third-order valence-corrected chi connectivity index (χ3v) is 5.80. The van der Waals surface area contributed by atoms with Gasteiger partial charge >= 0.3 is 0 Å². The standard InChI is InChI=1S/C22H19FN2O2S/c1-27-11-5-10-24-22(26)21-19(14-6-3-2-4-7-14)17-13-25-18-9-8-15(23)12-16(18)20(17)28-21/h2-4,6-9,12-13H,5,10-11H2,1H3,(H,24,26). The fourth-order valence-electron chi connectivity index (χ4n) is 3.25. The van der Waals surface area contributed by atoms with Crippen LogP contribution in [-0.4, -0.2) is 31.2 Å². The molecule has 2 aromatic heterocycles. The number of hydrogen-bond acceptors (Lipinski definition) is 4. The van der Waals surface area contributed by atoms with E-state index in [1.54, 1.807) is 19.4 Å². The van der Waals surface area contributed by atoms with E-state index in [9.17, 15) is 9.18 Å². The quantitative estimate of drug-likeness (QED) is 0.467. The lowest BCUT2D eigenvalue weighted by molar-refractivity contribution is 0.0953. The van der Waals surface area contributed by atoms with Gasteiger partial charge in [0.1, 0.15) is 10.7 Å². The number of ether oxygens (including phenoxy) is 1. The number of methoxy groups -OCH3 is 1. The van der Waals surface area contributed by atoms with Crippen LogP contribution in [0.5, 0.6) is 0 Å². The minimum absolute atomic E-state index is 0.138. The summed E-state index contributed by atoms with van der Waals surface area (Å²) in [5.41, 5.74) is 2.48. The second kappa shape index (κ2) is 8.04. The van der Waals surface area contributed by atoms with Crippen molar-refractivity contribution < 1.29 is 13.9 Å². The van der Waals surface area contributed by atoms with Gasteiger partial charge in [-0.05, 0) is 30.2 Å². The Morgan fingerprint density at radius 1 is 1.18 bits per heavy atom. The zero-order valence-corrected chi connectivity index (χ0v) is 16.2. The van der Waals surface area contributed by atoms with Crippen molar-refractivity contribution in [2.24, 2.45) is 0 Å². The van der Waals surface area contributed by atoms with Crippen molar-refractivity contribution in [3.63, 3.8) is 0 Å². The second-order valence-electron chi connectivity index (χ2n) is 6.44. The molecule has 2 heterocycles. The Morgan fingerprint density at radius 2 is 2.00 bits per heavy atom. The van der Waals surface area contributed by atoms with Gasteiger partial charge in [0.25, 0.3) is 5.91 Å². The van der Waals surface area contributed by atoms with Gasteiger partial charge in [-0.15, -0.1) is 11.3 Å². The molecule has 0 radical (unpaired) electrons. The monoisotopic (exact) mass is 394 g/mol. The molecule has 0 spiro atoms. The van der Waals surface area contributed by atoms with E-state index in [2.05, 4.69) is 10.3 Å². The van der Waals surface area contributed by atoms with Crippen molar-refractivity contribution in [1.29, 1.82) is 0 Å². The summed E-state index contributed by atoms with van der Waals surface area (Å²) < 4.78 is 19.8. The molecule has 142 valence electrons. The summed E-state index contributed by atoms with van der Waals surface area (Å²) in [7, 11) is 1.64. The molecular weight excluding hydrogens is 375 g/mol. The number of hydrogen-bond donors (Lipinski definition) is 1. The first-order valence-electron chi connectivity index (χ1n) is 9.02. The molecule has 0 bridgehead atoms. The number of benzene rings is 2. The average Bonchev–Trinajstić information content (AvgIpc) is 3.12. The molecule has 0 saturated carbocycles. The van der Waals surface area contributed by atoms with Crippen molar-refractivity contribution in [3.05, 3.63) is 65.4 Å². The maximum absolute atomic E-state index is 13.9. The first kappa shape index (κ1) is 18.5. The van der Waals surface area contributed by atoms with E-state index in [0.29, 0.717) is 23.5 Å². The topological polar surface area (TPSA) is 51.2 Å². The number of thiophene rings is 1. The first-order chi connectivity index (χ1) is 13.7. The van der Waals surface area contributed by atoms with Gasteiger partial charge < -0.3 is 10.1 Å². The Morgan fingerprint density at radius 3 is 2.79 bits per heavy atom. The van der Waals surface area contributed by atoms with E-state index in [-0.39, 0.29) is 11.7 Å². The minimum Gasteiger partial charge on any atom is -0.385 e. The number of carbonyl (C=O) groups excluding carboxylic acids is 1. The van der Waals surface area contributed by atoms with Crippen LogP contribution in [0.3, 0.4) is 0 Å². The van der Waals surface area contributed by atoms with E-state index in [0.717, 1.165) is 33.0 Å². The molecule has 0 atom stereocenters. The number of pyridine rings is 1. The number of fused-ring (bicyclic) bond motifs is 3. The average molecular weight is 394 g/mol. The van der Waals surface area contributed by atoms with E-state index >= 15 is 0 Å². The fourth-order valence-corrected chi connectivity index (χ4v) is 4.49. The highest BCUT2D eigenvalue weighted by atomic mass is 32.1. The Bertz CT molecular complexity index is 1140. The van der Waals surface area contributed by atoms with Crippen LogP contribution in [0.25, 0.3) is 32.1 Å². The molecule has 6 heteroatoms.